The largest absolute Gasteiger partial charge is 0.544 e. The molecule has 0 aliphatic carbocycles. The Kier molecular flexibility index (Phi) is 12.3. The van der Waals surface area contributed by atoms with E-state index in [2.05, 4.69) is 39.2 Å². The Hall–Kier alpha value is -5.03. The van der Waals surface area contributed by atoms with Crippen molar-refractivity contribution in [2.24, 2.45) is 0 Å². The number of fused-ring (bicyclic) bond motifs is 1. The van der Waals surface area contributed by atoms with Gasteiger partial charge in [0.1, 0.15) is 41.1 Å². The molecule has 0 aromatic heterocycles. The number of hydrogen-bond donors (Lipinski definition) is 1. The van der Waals surface area contributed by atoms with Crippen LogP contribution in [0.1, 0.15) is 80.7 Å². The van der Waals surface area contributed by atoms with Crippen LogP contribution in [-0.2, 0) is 16.1 Å². The summed E-state index contributed by atoms with van der Waals surface area (Å²) in [7, 11) is -0.491. The molecule has 0 spiro atoms. The predicted molar refractivity (Wildman–Crippen MR) is 213 cm³/mol. The van der Waals surface area contributed by atoms with Crippen LogP contribution in [0.2, 0.25) is 18.1 Å². The zero-order valence-corrected chi connectivity index (χ0v) is 34.0. The van der Waals surface area contributed by atoms with Gasteiger partial charge in [-0.1, -0.05) is 57.2 Å². The lowest BCUT2D eigenvalue weighted by Gasteiger charge is -2.36. The Morgan fingerprint density at radius 3 is 2.19 bits per heavy atom. The second kappa shape index (κ2) is 16.5. The van der Waals surface area contributed by atoms with Gasteiger partial charge >= 0.3 is 12.1 Å². The van der Waals surface area contributed by atoms with Crippen molar-refractivity contribution in [3.05, 3.63) is 102 Å². The van der Waals surface area contributed by atoms with E-state index in [-0.39, 0.29) is 29.7 Å². The summed E-state index contributed by atoms with van der Waals surface area (Å²) in [5.41, 5.74) is 0.884. The van der Waals surface area contributed by atoms with Crippen molar-refractivity contribution >= 4 is 37.1 Å². The summed E-state index contributed by atoms with van der Waals surface area (Å²) >= 11 is 0. The summed E-state index contributed by atoms with van der Waals surface area (Å²) in [4.78, 5) is 42.9. The minimum absolute atomic E-state index is 0.0174. The number of methoxy groups -OCH3 is 1. The second-order valence-corrected chi connectivity index (χ2v) is 21.0. The molecular formula is C43H54N2O8Si. The molecule has 0 unspecified atom stereocenters. The molecule has 1 saturated heterocycles. The first-order valence-corrected chi connectivity index (χ1v) is 21.4. The minimum Gasteiger partial charge on any atom is -0.544 e. The maximum absolute atomic E-state index is 14.2. The first kappa shape index (κ1) is 40.2. The Morgan fingerprint density at radius 1 is 0.852 bits per heavy atom. The number of nitrogens with one attached hydrogen (secondary N) is 1. The van der Waals surface area contributed by atoms with Gasteiger partial charge in [-0.25, -0.2) is 9.59 Å². The lowest BCUT2D eigenvalue weighted by atomic mass is 10.0. The van der Waals surface area contributed by atoms with Crippen molar-refractivity contribution in [3.63, 3.8) is 0 Å². The van der Waals surface area contributed by atoms with Crippen LogP contribution in [-0.4, -0.2) is 69.1 Å². The van der Waals surface area contributed by atoms with Gasteiger partial charge in [0.15, 0.2) is 0 Å². The van der Waals surface area contributed by atoms with Crippen molar-refractivity contribution in [3.8, 4) is 17.2 Å². The highest BCUT2D eigenvalue weighted by Gasteiger charge is 2.39. The number of carbonyl (C=O) groups is 3. The molecule has 0 bridgehead atoms. The normalized spacial score (nSPS) is 16.6. The summed E-state index contributed by atoms with van der Waals surface area (Å²) in [5, 5.41) is 4.74. The zero-order chi connectivity index (χ0) is 39.3. The maximum atomic E-state index is 14.2. The molecule has 4 aromatic rings. The fourth-order valence-electron chi connectivity index (χ4n) is 5.87. The molecule has 2 atom stereocenters. The lowest BCUT2D eigenvalue weighted by Crippen LogP contribution is -2.51. The Balaban J connectivity index is 1.42. The SMILES string of the molecule is COc1ccc2cc(OCc3ccccc3)c(C(=O)O[C@@H]3CCCN(C(=O)OC(C)(C)C)C[C@H]3NC(=O)c3ccc(O[Si](C)(C)C(C)(C)C)cc3)cc2c1. The van der Waals surface area contributed by atoms with E-state index in [0.29, 0.717) is 42.2 Å². The van der Waals surface area contributed by atoms with E-state index in [1.165, 1.54) is 0 Å². The molecule has 0 saturated carbocycles. The van der Waals surface area contributed by atoms with Crippen molar-refractivity contribution in [1.29, 1.82) is 0 Å². The molecule has 2 amide bonds. The number of nitrogens with zero attached hydrogens (tertiary/aromatic N) is 1. The highest BCUT2D eigenvalue weighted by Crippen LogP contribution is 2.37. The fourth-order valence-corrected chi connectivity index (χ4v) is 6.91. The van der Waals surface area contributed by atoms with Crippen molar-refractivity contribution in [2.45, 2.75) is 96.9 Å². The molecule has 288 valence electrons. The number of amides is 2. The van der Waals surface area contributed by atoms with E-state index in [1.807, 2.05) is 75.4 Å². The number of hydrogen-bond acceptors (Lipinski definition) is 8. The van der Waals surface area contributed by atoms with E-state index in [4.69, 9.17) is 23.4 Å². The lowest BCUT2D eigenvalue weighted by molar-refractivity contribution is 0.0125. The van der Waals surface area contributed by atoms with Gasteiger partial charge in [-0.2, -0.15) is 0 Å². The van der Waals surface area contributed by atoms with Gasteiger partial charge in [0.05, 0.1) is 13.2 Å². The summed E-state index contributed by atoms with van der Waals surface area (Å²) in [6, 6.07) is 25.2. The van der Waals surface area contributed by atoms with Crippen LogP contribution in [0.3, 0.4) is 0 Å². The molecule has 11 heteroatoms. The van der Waals surface area contributed by atoms with Gasteiger partial charge < -0.3 is 33.6 Å². The van der Waals surface area contributed by atoms with Crippen LogP contribution in [0.4, 0.5) is 4.79 Å². The average Bonchev–Trinajstić information content (AvgIpc) is 3.31. The standard InChI is InChI=1S/C43H54N2O8Si/c1-42(2,3)52-41(48)45-23-13-16-37(36(27-45)44-39(46)30-17-20-33(21-18-30)53-54(8,9)43(4,5)6)51-40(47)35-25-32-24-34(49-7)22-19-31(32)26-38(35)50-28-29-14-11-10-12-15-29/h10-12,14-15,17-22,24-26,36-37H,13,16,23,27-28H2,1-9H3,(H,44,46)/t36-,37-/m1/s1. The van der Waals surface area contributed by atoms with Crippen LogP contribution in [0, 0.1) is 0 Å². The molecule has 10 nitrogen and oxygen atoms in total. The number of likely N-dealkylation sites (tertiary alicyclic amines) is 1. The Morgan fingerprint density at radius 2 is 1.54 bits per heavy atom. The molecule has 1 N–H and O–H groups in total. The molecular weight excluding hydrogens is 701 g/mol. The van der Waals surface area contributed by atoms with Crippen molar-refractivity contribution in [2.75, 3.05) is 20.2 Å². The van der Waals surface area contributed by atoms with Crippen LogP contribution < -0.4 is 19.2 Å². The fraction of sp³-hybridized carbons (Fsp3) is 0.419. The van der Waals surface area contributed by atoms with Gasteiger partial charge in [0.25, 0.3) is 5.91 Å². The maximum Gasteiger partial charge on any atom is 0.410 e. The average molecular weight is 755 g/mol. The Labute approximate surface area is 320 Å². The van der Waals surface area contributed by atoms with Crippen molar-refractivity contribution < 1.29 is 37.8 Å². The first-order chi connectivity index (χ1) is 25.4. The monoisotopic (exact) mass is 754 g/mol. The molecule has 1 aliphatic heterocycles. The summed E-state index contributed by atoms with van der Waals surface area (Å²) in [6.07, 6.45) is -0.342. The number of esters is 1. The molecule has 0 radical (unpaired) electrons. The number of ether oxygens (including phenoxy) is 4. The van der Waals surface area contributed by atoms with Crippen LogP contribution in [0.25, 0.3) is 10.8 Å². The van der Waals surface area contributed by atoms with E-state index in [0.717, 1.165) is 16.3 Å². The summed E-state index contributed by atoms with van der Waals surface area (Å²) < 4.78 is 30.1. The van der Waals surface area contributed by atoms with Crippen molar-refractivity contribution in [1.82, 2.24) is 10.2 Å². The van der Waals surface area contributed by atoms with Gasteiger partial charge in [-0.15, -0.1) is 0 Å². The first-order valence-electron chi connectivity index (χ1n) is 18.5. The number of carbonyl (C=O) groups excluding carboxylic acids is 3. The third-order valence-corrected chi connectivity index (χ3v) is 14.3. The third-order valence-electron chi connectivity index (χ3n) is 9.91. The molecule has 1 fully saturated rings. The highest BCUT2D eigenvalue weighted by atomic mass is 28.4. The molecule has 1 aliphatic rings. The topological polar surface area (TPSA) is 113 Å². The molecule has 4 aromatic carbocycles. The third kappa shape index (κ3) is 10.3. The smallest absolute Gasteiger partial charge is 0.410 e. The van der Waals surface area contributed by atoms with Gasteiger partial charge in [0.2, 0.25) is 8.32 Å². The highest BCUT2D eigenvalue weighted by molar-refractivity contribution is 6.74. The Bertz CT molecular complexity index is 1930. The number of rotatable bonds is 10. The molecule has 54 heavy (non-hydrogen) atoms. The van der Waals surface area contributed by atoms with Crippen LogP contribution in [0.5, 0.6) is 17.2 Å². The van der Waals surface area contributed by atoms with E-state index >= 15 is 0 Å². The second-order valence-electron chi connectivity index (χ2n) is 16.3. The van der Waals surface area contributed by atoms with E-state index < -0.39 is 38.1 Å². The molecule has 1 heterocycles. The van der Waals surface area contributed by atoms with E-state index in [1.54, 1.807) is 42.3 Å². The van der Waals surface area contributed by atoms with Crippen LogP contribution >= 0.6 is 0 Å². The minimum atomic E-state index is -2.08. The quantitative estimate of drug-likeness (QED) is 0.126. The summed E-state index contributed by atoms with van der Waals surface area (Å²) in [5.74, 6) is 0.744. The van der Waals surface area contributed by atoms with Crippen LogP contribution in [0.15, 0.2) is 84.9 Å². The zero-order valence-electron chi connectivity index (χ0n) is 33.0. The van der Waals surface area contributed by atoms with Gasteiger partial charge in [0, 0.05) is 18.7 Å². The number of benzene rings is 4. The van der Waals surface area contributed by atoms with Gasteiger partial charge in [-0.05, 0) is 117 Å². The van der Waals surface area contributed by atoms with E-state index in [9.17, 15) is 14.4 Å². The van der Waals surface area contributed by atoms with Gasteiger partial charge in [-0.3, -0.25) is 4.79 Å². The predicted octanol–water partition coefficient (Wildman–Crippen LogP) is 9.17. The summed E-state index contributed by atoms with van der Waals surface area (Å²) in [6.45, 7) is 17.0. The molecule has 5 rings (SSSR count).